The van der Waals surface area contributed by atoms with Crippen LogP contribution in [0.1, 0.15) is 70.1 Å². The van der Waals surface area contributed by atoms with Crippen LogP contribution in [0.15, 0.2) is 4.42 Å². The number of nitrogens with one attached hydrogen (secondary N) is 1. The Kier molecular flexibility index (Phi) is 5.17. The number of rotatable bonds is 6. The molecular weight excluding hydrogens is 226 g/mol. The van der Waals surface area contributed by atoms with Crippen LogP contribution in [-0.2, 0) is 6.42 Å². The van der Waals surface area contributed by atoms with Crippen molar-refractivity contribution in [3.05, 3.63) is 11.8 Å². The minimum Gasteiger partial charge on any atom is -0.425 e. The van der Waals surface area contributed by atoms with Crippen LogP contribution < -0.4 is 5.32 Å². The highest BCUT2D eigenvalue weighted by Gasteiger charge is 2.20. The molecule has 4 heteroatoms. The lowest BCUT2D eigenvalue weighted by Crippen LogP contribution is -2.23. The summed E-state index contributed by atoms with van der Waals surface area (Å²) in [7, 11) is 0. The first-order chi connectivity index (χ1) is 8.75. The fourth-order valence-electron chi connectivity index (χ4n) is 2.51. The van der Waals surface area contributed by atoms with E-state index in [-0.39, 0.29) is 0 Å². The van der Waals surface area contributed by atoms with E-state index in [2.05, 4.69) is 29.4 Å². The molecule has 1 saturated carbocycles. The van der Waals surface area contributed by atoms with Gasteiger partial charge in [0.15, 0.2) is 0 Å². The molecule has 18 heavy (non-hydrogen) atoms. The Bertz CT molecular complexity index is 343. The second kappa shape index (κ2) is 6.88. The Balaban J connectivity index is 1.75. The van der Waals surface area contributed by atoms with Gasteiger partial charge in [-0.15, -0.1) is 10.2 Å². The van der Waals surface area contributed by atoms with Crippen molar-refractivity contribution in [3.8, 4) is 0 Å². The van der Waals surface area contributed by atoms with E-state index >= 15 is 0 Å². The summed E-state index contributed by atoms with van der Waals surface area (Å²) >= 11 is 0. The summed E-state index contributed by atoms with van der Waals surface area (Å²) in [5.41, 5.74) is 0. The minimum absolute atomic E-state index is 0.522. The van der Waals surface area contributed by atoms with Crippen LogP contribution in [0, 0.1) is 0 Å². The van der Waals surface area contributed by atoms with E-state index in [0.29, 0.717) is 12.0 Å². The second-order valence-electron chi connectivity index (χ2n) is 5.58. The Labute approximate surface area is 110 Å². The van der Waals surface area contributed by atoms with E-state index < -0.39 is 0 Å². The molecule has 1 aromatic rings. The fraction of sp³-hybridized carbons (Fsp3) is 0.857. The van der Waals surface area contributed by atoms with Crippen LogP contribution in [0.3, 0.4) is 0 Å². The third-order valence-electron chi connectivity index (χ3n) is 3.56. The van der Waals surface area contributed by atoms with Crippen LogP contribution in [0.5, 0.6) is 0 Å². The van der Waals surface area contributed by atoms with Gasteiger partial charge in [0.25, 0.3) is 0 Å². The molecule has 0 saturated heterocycles. The lowest BCUT2D eigenvalue weighted by Gasteiger charge is -2.17. The molecule has 102 valence electrons. The molecule has 0 radical (unpaired) electrons. The second-order valence-corrected chi connectivity index (χ2v) is 5.58. The van der Waals surface area contributed by atoms with Gasteiger partial charge in [0.2, 0.25) is 11.8 Å². The third kappa shape index (κ3) is 4.09. The maximum Gasteiger partial charge on any atom is 0.219 e. The van der Waals surface area contributed by atoms with Crippen molar-refractivity contribution in [3.63, 3.8) is 0 Å². The molecule has 0 spiro atoms. The van der Waals surface area contributed by atoms with Crippen LogP contribution in [0.25, 0.3) is 0 Å². The average molecular weight is 251 g/mol. The van der Waals surface area contributed by atoms with Gasteiger partial charge in [-0.25, -0.2) is 0 Å². The smallest absolute Gasteiger partial charge is 0.219 e. The van der Waals surface area contributed by atoms with Crippen molar-refractivity contribution in [2.75, 3.05) is 6.54 Å². The van der Waals surface area contributed by atoms with Gasteiger partial charge in [-0.05, 0) is 25.8 Å². The van der Waals surface area contributed by atoms with Crippen LogP contribution in [-0.4, -0.2) is 22.8 Å². The predicted molar refractivity (Wildman–Crippen MR) is 71.6 cm³/mol. The first kappa shape index (κ1) is 13.5. The van der Waals surface area contributed by atoms with Crippen molar-refractivity contribution >= 4 is 0 Å². The van der Waals surface area contributed by atoms with Crippen molar-refractivity contribution in [1.29, 1.82) is 0 Å². The van der Waals surface area contributed by atoms with E-state index in [9.17, 15) is 0 Å². The zero-order valence-corrected chi connectivity index (χ0v) is 11.6. The molecule has 1 aromatic heterocycles. The Morgan fingerprint density at radius 1 is 1.22 bits per heavy atom. The highest BCUT2D eigenvalue weighted by Crippen LogP contribution is 2.31. The highest BCUT2D eigenvalue weighted by atomic mass is 16.4. The number of hydrogen-bond acceptors (Lipinski definition) is 4. The fourth-order valence-corrected chi connectivity index (χ4v) is 2.51. The van der Waals surface area contributed by atoms with Gasteiger partial charge < -0.3 is 9.73 Å². The molecule has 0 aliphatic heterocycles. The highest BCUT2D eigenvalue weighted by molar-refractivity contribution is 4.93. The molecule has 1 N–H and O–H groups in total. The predicted octanol–water partition coefficient (Wildman–Crippen LogP) is 3.05. The molecule has 0 atom stereocenters. The van der Waals surface area contributed by atoms with Crippen LogP contribution >= 0.6 is 0 Å². The van der Waals surface area contributed by atoms with E-state index in [1.54, 1.807) is 0 Å². The molecular formula is C14H25N3O. The van der Waals surface area contributed by atoms with Crippen molar-refractivity contribution in [2.24, 2.45) is 0 Å². The van der Waals surface area contributed by atoms with Crippen molar-refractivity contribution in [2.45, 2.75) is 70.8 Å². The summed E-state index contributed by atoms with van der Waals surface area (Å²) < 4.78 is 5.78. The van der Waals surface area contributed by atoms with E-state index in [1.807, 2.05) is 0 Å². The number of hydrogen-bond donors (Lipinski definition) is 1. The quantitative estimate of drug-likeness (QED) is 0.789. The van der Waals surface area contributed by atoms with E-state index in [0.717, 1.165) is 31.2 Å². The summed E-state index contributed by atoms with van der Waals surface area (Å²) in [5.74, 6) is 2.21. The Hall–Kier alpha value is -0.900. The molecule has 1 aliphatic rings. The molecule has 0 amide bonds. The van der Waals surface area contributed by atoms with Crippen LogP contribution in [0.4, 0.5) is 0 Å². The van der Waals surface area contributed by atoms with Gasteiger partial charge in [0, 0.05) is 18.4 Å². The zero-order valence-electron chi connectivity index (χ0n) is 11.6. The van der Waals surface area contributed by atoms with Crippen molar-refractivity contribution < 1.29 is 4.42 Å². The van der Waals surface area contributed by atoms with Gasteiger partial charge in [0.05, 0.1) is 0 Å². The molecule has 0 bridgehead atoms. The standard InChI is InChI=1S/C14H25N3O/c1-11(2)15-10-6-9-13-16-17-14(18-13)12-7-4-3-5-8-12/h11-12,15H,3-10H2,1-2H3. The Morgan fingerprint density at radius 2 is 2.00 bits per heavy atom. The molecule has 1 aliphatic carbocycles. The maximum absolute atomic E-state index is 5.78. The summed E-state index contributed by atoms with van der Waals surface area (Å²) in [4.78, 5) is 0. The van der Waals surface area contributed by atoms with Gasteiger partial charge in [-0.2, -0.15) is 0 Å². The minimum atomic E-state index is 0.522. The van der Waals surface area contributed by atoms with Gasteiger partial charge >= 0.3 is 0 Å². The summed E-state index contributed by atoms with van der Waals surface area (Å²) in [6.45, 7) is 5.33. The number of aryl methyl sites for hydroxylation is 1. The van der Waals surface area contributed by atoms with Crippen LogP contribution in [0.2, 0.25) is 0 Å². The topological polar surface area (TPSA) is 51.0 Å². The molecule has 0 aromatic carbocycles. The van der Waals surface area contributed by atoms with Gasteiger partial charge in [-0.1, -0.05) is 33.1 Å². The summed E-state index contributed by atoms with van der Waals surface area (Å²) in [5, 5.41) is 11.8. The van der Waals surface area contributed by atoms with Gasteiger partial charge in [0.1, 0.15) is 0 Å². The number of aromatic nitrogens is 2. The summed E-state index contributed by atoms with van der Waals surface area (Å²) in [6, 6.07) is 0.547. The molecule has 2 rings (SSSR count). The third-order valence-corrected chi connectivity index (χ3v) is 3.56. The lowest BCUT2D eigenvalue weighted by molar-refractivity contribution is 0.349. The largest absolute Gasteiger partial charge is 0.425 e. The molecule has 4 nitrogen and oxygen atoms in total. The Morgan fingerprint density at radius 3 is 2.72 bits per heavy atom. The maximum atomic E-state index is 5.78. The number of nitrogens with zero attached hydrogens (tertiary/aromatic N) is 2. The monoisotopic (exact) mass is 251 g/mol. The normalized spacial score (nSPS) is 17.5. The SMILES string of the molecule is CC(C)NCCCc1nnc(C2CCCCC2)o1. The van der Waals surface area contributed by atoms with E-state index in [4.69, 9.17) is 4.42 Å². The lowest BCUT2D eigenvalue weighted by atomic mass is 9.89. The van der Waals surface area contributed by atoms with Gasteiger partial charge in [-0.3, -0.25) is 0 Å². The summed E-state index contributed by atoms with van der Waals surface area (Å²) in [6.07, 6.45) is 8.36. The van der Waals surface area contributed by atoms with Crippen molar-refractivity contribution in [1.82, 2.24) is 15.5 Å². The first-order valence-electron chi connectivity index (χ1n) is 7.31. The first-order valence-corrected chi connectivity index (χ1v) is 7.31. The molecule has 1 heterocycles. The molecule has 1 fully saturated rings. The average Bonchev–Trinajstić information content (AvgIpc) is 2.84. The zero-order chi connectivity index (χ0) is 12.8. The van der Waals surface area contributed by atoms with E-state index in [1.165, 1.54) is 32.1 Å². The molecule has 0 unspecified atom stereocenters.